The first kappa shape index (κ1) is 18.9. The molecule has 0 spiro atoms. The molecule has 0 radical (unpaired) electrons. The number of benzene rings is 2. The number of hydrogen-bond acceptors (Lipinski definition) is 5. The van der Waals surface area contributed by atoms with Crippen LogP contribution in [0.1, 0.15) is 28.2 Å². The lowest BCUT2D eigenvalue weighted by atomic mass is 10.1. The van der Waals surface area contributed by atoms with Gasteiger partial charge < -0.3 is 5.73 Å². The minimum absolute atomic E-state index is 0.0668. The molecule has 0 saturated heterocycles. The van der Waals surface area contributed by atoms with E-state index in [2.05, 4.69) is 20.6 Å². The predicted octanol–water partition coefficient (Wildman–Crippen LogP) is 3.19. The minimum atomic E-state index is -2.87. The van der Waals surface area contributed by atoms with Crippen molar-refractivity contribution < 1.29 is 13.6 Å². The van der Waals surface area contributed by atoms with Gasteiger partial charge in [0.2, 0.25) is 5.91 Å². The number of primary amides is 1. The van der Waals surface area contributed by atoms with Crippen molar-refractivity contribution in [2.24, 2.45) is 5.73 Å². The van der Waals surface area contributed by atoms with E-state index in [4.69, 9.17) is 17.3 Å². The molecule has 2 heterocycles. The molecule has 0 atom stereocenters. The van der Waals surface area contributed by atoms with Crippen molar-refractivity contribution in [3.05, 3.63) is 58.2 Å². The molecule has 0 saturated carbocycles. The van der Waals surface area contributed by atoms with E-state index in [0.717, 1.165) is 11.1 Å². The standard InChI is InChI=1S/C18H14ClF2N7O/c1-9-11-6-5-10(17-23-25-26-28(17)18(20)21)7-15(11)27(24-9)8-13-12(16(22)29)3-2-4-14(13)19/h2-7,18H,8H2,1H3,(H2,22,29). The molecular weight excluding hydrogens is 404 g/mol. The molecule has 0 aliphatic rings. The molecule has 29 heavy (non-hydrogen) atoms. The number of halogens is 3. The van der Waals surface area contributed by atoms with Crippen molar-refractivity contribution in [1.82, 2.24) is 30.0 Å². The SMILES string of the molecule is Cc1nn(Cc2c(Cl)cccc2C(N)=O)c2cc(-c3nnnn3C(F)F)ccc12. The highest BCUT2D eigenvalue weighted by atomic mass is 35.5. The Hall–Kier alpha value is -3.40. The average Bonchev–Trinajstić information content (AvgIpc) is 3.28. The predicted molar refractivity (Wildman–Crippen MR) is 102 cm³/mol. The Morgan fingerprint density at radius 2 is 2.07 bits per heavy atom. The van der Waals surface area contributed by atoms with Crippen molar-refractivity contribution in [2.75, 3.05) is 0 Å². The maximum absolute atomic E-state index is 13.1. The smallest absolute Gasteiger partial charge is 0.336 e. The van der Waals surface area contributed by atoms with Gasteiger partial charge in [-0.3, -0.25) is 9.48 Å². The number of rotatable bonds is 5. The summed E-state index contributed by atoms with van der Waals surface area (Å²) in [7, 11) is 0. The van der Waals surface area contributed by atoms with Gasteiger partial charge in [-0.1, -0.05) is 29.8 Å². The maximum atomic E-state index is 13.1. The molecule has 2 N–H and O–H groups in total. The van der Waals surface area contributed by atoms with Crippen LogP contribution >= 0.6 is 11.6 Å². The van der Waals surface area contributed by atoms with Crippen LogP contribution in [0.5, 0.6) is 0 Å². The Balaban J connectivity index is 1.85. The number of alkyl halides is 2. The van der Waals surface area contributed by atoms with Gasteiger partial charge in [-0.05, 0) is 35.5 Å². The van der Waals surface area contributed by atoms with Crippen LogP contribution in [0, 0.1) is 6.92 Å². The second kappa shape index (κ2) is 7.21. The average molecular weight is 418 g/mol. The molecule has 2 aromatic heterocycles. The van der Waals surface area contributed by atoms with E-state index in [1.165, 1.54) is 0 Å². The Kier molecular flexibility index (Phi) is 4.71. The van der Waals surface area contributed by atoms with Gasteiger partial charge >= 0.3 is 6.55 Å². The fourth-order valence-electron chi connectivity index (χ4n) is 3.21. The van der Waals surface area contributed by atoms with Gasteiger partial charge in [0.25, 0.3) is 0 Å². The quantitative estimate of drug-likeness (QED) is 0.537. The molecule has 1 amide bonds. The minimum Gasteiger partial charge on any atom is -0.366 e. The third kappa shape index (κ3) is 3.31. The van der Waals surface area contributed by atoms with E-state index in [-0.39, 0.29) is 17.9 Å². The molecule has 4 rings (SSSR count). The first-order valence-electron chi connectivity index (χ1n) is 8.47. The van der Waals surface area contributed by atoms with Crippen LogP contribution in [0.4, 0.5) is 8.78 Å². The second-order valence-electron chi connectivity index (χ2n) is 6.33. The van der Waals surface area contributed by atoms with Crippen LogP contribution in [0.3, 0.4) is 0 Å². The molecule has 0 aliphatic carbocycles. The highest BCUT2D eigenvalue weighted by Gasteiger charge is 2.19. The summed E-state index contributed by atoms with van der Waals surface area (Å²) in [5, 5.41) is 16.0. The molecule has 8 nitrogen and oxygen atoms in total. The molecule has 0 bridgehead atoms. The summed E-state index contributed by atoms with van der Waals surface area (Å²) in [5.41, 5.74) is 8.06. The molecule has 0 aliphatic heterocycles. The van der Waals surface area contributed by atoms with Crippen molar-refractivity contribution in [1.29, 1.82) is 0 Å². The topological polar surface area (TPSA) is 105 Å². The van der Waals surface area contributed by atoms with E-state index in [1.54, 1.807) is 41.1 Å². The third-order valence-corrected chi connectivity index (χ3v) is 4.92. The second-order valence-corrected chi connectivity index (χ2v) is 6.74. The van der Waals surface area contributed by atoms with Gasteiger partial charge in [0.05, 0.1) is 17.8 Å². The van der Waals surface area contributed by atoms with Gasteiger partial charge in [-0.2, -0.15) is 18.6 Å². The van der Waals surface area contributed by atoms with Gasteiger partial charge in [-0.15, -0.1) is 5.10 Å². The fourth-order valence-corrected chi connectivity index (χ4v) is 3.45. The van der Waals surface area contributed by atoms with E-state index in [9.17, 15) is 13.6 Å². The van der Waals surface area contributed by atoms with Crippen LogP contribution < -0.4 is 5.73 Å². The zero-order chi connectivity index (χ0) is 20.7. The largest absolute Gasteiger partial charge is 0.366 e. The Bertz CT molecular complexity index is 1230. The van der Waals surface area contributed by atoms with Gasteiger partial charge in [0.1, 0.15) is 0 Å². The van der Waals surface area contributed by atoms with Crippen molar-refractivity contribution >= 4 is 28.4 Å². The summed E-state index contributed by atoms with van der Waals surface area (Å²) in [4.78, 5) is 11.8. The number of fused-ring (bicyclic) bond motifs is 1. The first-order valence-corrected chi connectivity index (χ1v) is 8.85. The number of hydrogen-bond donors (Lipinski definition) is 1. The number of amides is 1. The molecule has 2 aromatic carbocycles. The lowest BCUT2D eigenvalue weighted by Crippen LogP contribution is -2.16. The van der Waals surface area contributed by atoms with Crippen LogP contribution in [-0.2, 0) is 6.54 Å². The maximum Gasteiger partial charge on any atom is 0.336 e. The highest BCUT2D eigenvalue weighted by Crippen LogP contribution is 2.28. The lowest BCUT2D eigenvalue weighted by molar-refractivity contribution is 0.0564. The van der Waals surface area contributed by atoms with Gasteiger partial charge in [0.15, 0.2) is 5.82 Å². The van der Waals surface area contributed by atoms with E-state index < -0.39 is 12.5 Å². The Morgan fingerprint density at radius 3 is 2.79 bits per heavy atom. The summed E-state index contributed by atoms with van der Waals surface area (Å²) in [6.45, 7) is -0.877. The first-order chi connectivity index (χ1) is 13.9. The summed E-state index contributed by atoms with van der Waals surface area (Å²) >= 11 is 6.29. The summed E-state index contributed by atoms with van der Waals surface area (Å²) < 4.78 is 28.4. The highest BCUT2D eigenvalue weighted by molar-refractivity contribution is 6.31. The van der Waals surface area contributed by atoms with Crippen molar-refractivity contribution in [2.45, 2.75) is 20.0 Å². The van der Waals surface area contributed by atoms with Crippen LogP contribution in [0.25, 0.3) is 22.3 Å². The van der Waals surface area contributed by atoms with Crippen LogP contribution in [0.15, 0.2) is 36.4 Å². The van der Waals surface area contributed by atoms with E-state index in [0.29, 0.717) is 26.3 Å². The number of nitrogens with zero attached hydrogens (tertiary/aromatic N) is 6. The van der Waals surface area contributed by atoms with Crippen LogP contribution in [-0.4, -0.2) is 35.9 Å². The van der Waals surface area contributed by atoms with Gasteiger partial charge in [-0.25, -0.2) is 0 Å². The summed E-state index contributed by atoms with van der Waals surface area (Å²) in [6.07, 6.45) is 0. The number of tetrazole rings is 1. The lowest BCUT2D eigenvalue weighted by Gasteiger charge is -2.10. The summed E-state index contributed by atoms with van der Waals surface area (Å²) in [5.74, 6) is -0.671. The number of aromatic nitrogens is 6. The Labute approximate surface area is 167 Å². The molecule has 0 fully saturated rings. The number of aryl methyl sites for hydroxylation is 1. The number of carbonyl (C=O) groups excluding carboxylic acids is 1. The molecule has 148 valence electrons. The fraction of sp³-hybridized carbons (Fsp3) is 0.167. The zero-order valence-corrected chi connectivity index (χ0v) is 15.8. The normalized spacial score (nSPS) is 11.5. The Morgan fingerprint density at radius 1 is 1.28 bits per heavy atom. The van der Waals surface area contributed by atoms with E-state index in [1.807, 2.05) is 6.92 Å². The third-order valence-electron chi connectivity index (χ3n) is 4.56. The van der Waals surface area contributed by atoms with Gasteiger partial charge in [0, 0.05) is 27.1 Å². The van der Waals surface area contributed by atoms with Crippen molar-refractivity contribution in [3.8, 4) is 11.4 Å². The zero-order valence-electron chi connectivity index (χ0n) is 15.1. The summed E-state index contributed by atoms with van der Waals surface area (Å²) in [6, 6.07) is 9.96. The van der Waals surface area contributed by atoms with E-state index >= 15 is 0 Å². The molecule has 0 unspecified atom stereocenters. The van der Waals surface area contributed by atoms with Crippen molar-refractivity contribution in [3.63, 3.8) is 0 Å². The molecule has 4 aromatic rings. The number of carbonyl (C=O) groups is 1. The monoisotopic (exact) mass is 417 g/mol. The molecule has 11 heteroatoms. The van der Waals surface area contributed by atoms with Crippen LogP contribution in [0.2, 0.25) is 5.02 Å². The number of nitrogens with two attached hydrogens (primary N) is 1. The molecular formula is C18H14ClF2N7O.